The molecule has 0 spiro atoms. The monoisotopic (exact) mass is 266 g/mol. The lowest BCUT2D eigenvalue weighted by molar-refractivity contribution is -0.137. The molecule has 0 fully saturated rings. The number of alkyl halides is 3. The minimum Gasteiger partial charge on any atom is -0.373 e. The van der Waals surface area contributed by atoms with Gasteiger partial charge in [-0.1, -0.05) is 29.8 Å². The second-order valence-electron chi connectivity index (χ2n) is 4.24. The van der Waals surface area contributed by atoms with Crippen molar-refractivity contribution in [1.82, 2.24) is 4.98 Å². The summed E-state index contributed by atoms with van der Waals surface area (Å²) in [4.78, 5) is 4.15. The predicted molar refractivity (Wildman–Crippen MR) is 69.0 cm³/mol. The van der Waals surface area contributed by atoms with Crippen LogP contribution in [-0.2, 0) is 6.18 Å². The van der Waals surface area contributed by atoms with Gasteiger partial charge in [0.05, 0.1) is 11.3 Å². The van der Waals surface area contributed by atoms with Crippen molar-refractivity contribution in [2.75, 3.05) is 12.4 Å². The molecule has 0 aliphatic carbocycles. The second kappa shape index (κ2) is 4.91. The molecule has 1 N–H and O–H groups in total. The molecule has 0 aliphatic heterocycles. The van der Waals surface area contributed by atoms with Crippen LogP contribution < -0.4 is 5.32 Å². The molecular formula is C14H13F3N2. The molecule has 1 heterocycles. The lowest BCUT2D eigenvalue weighted by atomic mass is 10.1. The number of hydrogen-bond donors (Lipinski definition) is 1. The number of anilines is 1. The first-order valence-electron chi connectivity index (χ1n) is 5.74. The van der Waals surface area contributed by atoms with E-state index in [1.807, 2.05) is 19.1 Å². The first-order valence-corrected chi connectivity index (χ1v) is 5.74. The van der Waals surface area contributed by atoms with E-state index < -0.39 is 11.7 Å². The number of nitrogens with one attached hydrogen (secondary N) is 1. The second-order valence-corrected chi connectivity index (χ2v) is 4.24. The van der Waals surface area contributed by atoms with Crippen LogP contribution in [0.4, 0.5) is 19.0 Å². The van der Waals surface area contributed by atoms with Crippen LogP contribution in [0.3, 0.4) is 0 Å². The molecule has 19 heavy (non-hydrogen) atoms. The van der Waals surface area contributed by atoms with Gasteiger partial charge >= 0.3 is 6.18 Å². The minimum absolute atomic E-state index is 0.199. The average molecular weight is 266 g/mol. The zero-order valence-corrected chi connectivity index (χ0v) is 10.5. The topological polar surface area (TPSA) is 24.9 Å². The van der Waals surface area contributed by atoms with Crippen LogP contribution in [0.15, 0.2) is 36.4 Å². The van der Waals surface area contributed by atoms with Crippen molar-refractivity contribution in [3.05, 3.63) is 47.5 Å². The molecule has 0 radical (unpaired) electrons. The number of rotatable bonds is 2. The molecule has 2 nitrogen and oxygen atoms in total. The van der Waals surface area contributed by atoms with E-state index in [9.17, 15) is 13.2 Å². The number of nitrogens with zero attached hydrogens (tertiary/aromatic N) is 1. The van der Waals surface area contributed by atoms with Crippen molar-refractivity contribution < 1.29 is 13.2 Å². The van der Waals surface area contributed by atoms with Crippen molar-refractivity contribution in [3.63, 3.8) is 0 Å². The summed E-state index contributed by atoms with van der Waals surface area (Å²) in [6, 6.07) is 9.27. The van der Waals surface area contributed by atoms with E-state index in [0.717, 1.165) is 17.7 Å². The lowest BCUT2D eigenvalue weighted by Gasteiger charge is -2.11. The van der Waals surface area contributed by atoms with Gasteiger partial charge in [-0.15, -0.1) is 0 Å². The Morgan fingerprint density at radius 1 is 1.05 bits per heavy atom. The molecule has 0 atom stereocenters. The van der Waals surface area contributed by atoms with Crippen LogP contribution in [0.2, 0.25) is 0 Å². The molecule has 0 saturated carbocycles. The lowest BCUT2D eigenvalue weighted by Crippen LogP contribution is -2.07. The number of hydrogen-bond acceptors (Lipinski definition) is 2. The quantitative estimate of drug-likeness (QED) is 0.884. The largest absolute Gasteiger partial charge is 0.416 e. The summed E-state index contributed by atoms with van der Waals surface area (Å²) in [6.45, 7) is 1.92. The molecule has 5 heteroatoms. The van der Waals surface area contributed by atoms with Crippen LogP contribution >= 0.6 is 0 Å². The van der Waals surface area contributed by atoms with E-state index in [0.29, 0.717) is 11.3 Å². The number of benzene rings is 1. The summed E-state index contributed by atoms with van der Waals surface area (Å²) in [5.74, 6) is 0.199. The van der Waals surface area contributed by atoms with Crippen molar-refractivity contribution in [2.24, 2.45) is 0 Å². The number of aryl methyl sites for hydroxylation is 1. The molecule has 0 unspecified atom stereocenters. The van der Waals surface area contributed by atoms with Crippen LogP contribution in [0.1, 0.15) is 11.1 Å². The molecule has 0 saturated heterocycles. The van der Waals surface area contributed by atoms with E-state index in [2.05, 4.69) is 10.3 Å². The van der Waals surface area contributed by atoms with E-state index in [1.54, 1.807) is 19.2 Å². The fourth-order valence-corrected chi connectivity index (χ4v) is 1.69. The fourth-order valence-electron chi connectivity index (χ4n) is 1.69. The molecule has 1 aromatic carbocycles. The maximum atomic E-state index is 12.8. The standard InChI is InChI=1S/C14H13F3N2/c1-9-3-5-10(6-4-9)12-7-11(14(15,16)17)8-13(18-2)19-12/h3-8H,1-2H3,(H,18,19). The Bertz CT molecular complexity index is 574. The number of halogens is 3. The maximum absolute atomic E-state index is 12.8. The van der Waals surface area contributed by atoms with Gasteiger partial charge in [0.15, 0.2) is 0 Å². The third-order valence-corrected chi connectivity index (χ3v) is 2.76. The smallest absolute Gasteiger partial charge is 0.373 e. The number of aromatic nitrogens is 1. The normalized spacial score (nSPS) is 11.4. The SMILES string of the molecule is CNc1cc(C(F)(F)F)cc(-c2ccc(C)cc2)n1. The van der Waals surface area contributed by atoms with E-state index in [4.69, 9.17) is 0 Å². The van der Waals surface area contributed by atoms with Gasteiger partial charge in [-0.05, 0) is 19.1 Å². The van der Waals surface area contributed by atoms with Crippen molar-refractivity contribution in [2.45, 2.75) is 13.1 Å². The number of pyridine rings is 1. The maximum Gasteiger partial charge on any atom is 0.416 e. The van der Waals surface area contributed by atoms with Gasteiger partial charge in [-0.2, -0.15) is 13.2 Å². The van der Waals surface area contributed by atoms with Gasteiger partial charge in [-0.25, -0.2) is 4.98 Å². The van der Waals surface area contributed by atoms with Gasteiger partial charge in [0.1, 0.15) is 5.82 Å². The summed E-state index contributed by atoms with van der Waals surface area (Å²) in [5, 5.41) is 2.65. The van der Waals surface area contributed by atoms with Crippen LogP contribution in [-0.4, -0.2) is 12.0 Å². The Kier molecular flexibility index (Phi) is 3.46. The van der Waals surface area contributed by atoms with Gasteiger partial charge in [0, 0.05) is 12.6 Å². The zero-order chi connectivity index (χ0) is 14.0. The molecule has 0 bridgehead atoms. The summed E-state index contributed by atoms with van der Waals surface area (Å²) in [5.41, 5.74) is 1.30. The van der Waals surface area contributed by atoms with Gasteiger partial charge in [0.2, 0.25) is 0 Å². The van der Waals surface area contributed by atoms with Crippen molar-refractivity contribution in [1.29, 1.82) is 0 Å². The van der Waals surface area contributed by atoms with Crippen molar-refractivity contribution in [3.8, 4) is 11.3 Å². The molecule has 0 aliphatic rings. The highest BCUT2D eigenvalue weighted by Crippen LogP contribution is 2.33. The highest BCUT2D eigenvalue weighted by Gasteiger charge is 2.31. The first kappa shape index (κ1) is 13.4. The molecule has 100 valence electrons. The molecule has 1 aromatic heterocycles. The van der Waals surface area contributed by atoms with Gasteiger partial charge < -0.3 is 5.32 Å². The average Bonchev–Trinajstić information content (AvgIpc) is 2.38. The van der Waals surface area contributed by atoms with Crippen LogP contribution in [0.25, 0.3) is 11.3 Å². The Hall–Kier alpha value is -2.04. The van der Waals surface area contributed by atoms with E-state index in [-0.39, 0.29) is 5.82 Å². The molecule has 2 aromatic rings. The predicted octanol–water partition coefficient (Wildman–Crippen LogP) is 4.12. The Morgan fingerprint density at radius 3 is 2.21 bits per heavy atom. The first-order chi connectivity index (χ1) is 8.90. The molecule has 0 amide bonds. The van der Waals surface area contributed by atoms with Crippen molar-refractivity contribution >= 4 is 5.82 Å². The zero-order valence-electron chi connectivity index (χ0n) is 10.5. The minimum atomic E-state index is -4.38. The van der Waals surface area contributed by atoms with E-state index in [1.165, 1.54) is 0 Å². The highest BCUT2D eigenvalue weighted by molar-refractivity contribution is 5.63. The Morgan fingerprint density at radius 2 is 1.68 bits per heavy atom. The Balaban J connectivity index is 2.54. The van der Waals surface area contributed by atoms with E-state index >= 15 is 0 Å². The van der Waals surface area contributed by atoms with Gasteiger partial charge in [-0.3, -0.25) is 0 Å². The Labute approximate surface area is 109 Å². The van der Waals surface area contributed by atoms with Gasteiger partial charge in [0.25, 0.3) is 0 Å². The molecule has 2 rings (SSSR count). The third-order valence-electron chi connectivity index (χ3n) is 2.76. The summed E-state index contributed by atoms with van der Waals surface area (Å²) < 4.78 is 38.4. The van der Waals surface area contributed by atoms with Crippen LogP contribution in [0, 0.1) is 6.92 Å². The highest BCUT2D eigenvalue weighted by atomic mass is 19.4. The summed E-state index contributed by atoms with van der Waals surface area (Å²) in [7, 11) is 1.54. The fraction of sp³-hybridized carbons (Fsp3) is 0.214. The molecular weight excluding hydrogens is 253 g/mol. The summed E-state index contributed by atoms with van der Waals surface area (Å²) >= 11 is 0. The van der Waals surface area contributed by atoms with Crippen LogP contribution in [0.5, 0.6) is 0 Å². The summed E-state index contributed by atoms with van der Waals surface area (Å²) in [6.07, 6.45) is -4.38. The third kappa shape index (κ3) is 3.05.